The smallest absolute Gasteiger partial charge is 0.306 e. The second kappa shape index (κ2) is 6.27. The van der Waals surface area contributed by atoms with Crippen molar-refractivity contribution in [2.75, 3.05) is 18.5 Å². The number of amides is 1. The van der Waals surface area contributed by atoms with Gasteiger partial charge in [0, 0.05) is 18.2 Å². The van der Waals surface area contributed by atoms with Gasteiger partial charge in [0.1, 0.15) is 13.2 Å². The van der Waals surface area contributed by atoms with Gasteiger partial charge in [0.15, 0.2) is 17.6 Å². The van der Waals surface area contributed by atoms with Gasteiger partial charge < -0.3 is 19.5 Å². The van der Waals surface area contributed by atoms with E-state index in [0.29, 0.717) is 30.4 Å². The standard InChI is InChI=1S/C14H17NO5/c1-3-13(16)20-9(2)14(17)15-10-4-5-11-12(8-10)19-7-6-18-11/h4-5,8-9H,3,6-7H2,1-2H3,(H,15,17)/t9-/m1/s1. The average molecular weight is 279 g/mol. The minimum absolute atomic E-state index is 0.238. The minimum Gasteiger partial charge on any atom is -0.486 e. The van der Waals surface area contributed by atoms with Crippen molar-refractivity contribution in [3.63, 3.8) is 0 Å². The Morgan fingerprint density at radius 2 is 2.00 bits per heavy atom. The molecule has 1 atom stereocenters. The van der Waals surface area contributed by atoms with Crippen LogP contribution < -0.4 is 14.8 Å². The molecule has 1 aliphatic heterocycles. The molecule has 0 saturated heterocycles. The van der Waals surface area contributed by atoms with Gasteiger partial charge in [-0.15, -0.1) is 0 Å². The largest absolute Gasteiger partial charge is 0.486 e. The topological polar surface area (TPSA) is 73.9 Å². The van der Waals surface area contributed by atoms with Gasteiger partial charge in [-0.1, -0.05) is 6.92 Å². The lowest BCUT2D eigenvalue weighted by atomic mass is 10.2. The van der Waals surface area contributed by atoms with Crippen LogP contribution in [0.25, 0.3) is 0 Å². The van der Waals surface area contributed by atoms with E-state index in [1.807, 2.05) is 0 Å². The van der Waals surface area contributed by atoms with Crippen LogP contribution in [0.1, 0.15) is 20.3 Å². The summed E-state index contributed by atoms with van der Waals surface area (Å²) in [6, 6.07) is 5.12. The van der Waals surface area contributed by atoms with Gasteiger partial charge in [-0.05, 0) is 19.1 Å². The molecule has 1 amide bonds. The number of nitrogens with one attached hydrogen (secondary N) is 1. The van der Waals surface area contributed by atoms with Crippen molar-refractivity contribution in [1.29, 1.82) is 0 Å². The first-order valence-electron chi connectivity index (χ1n) is 6.50. The molecule has 2 rings (SSSR count). The molecule has 0 radical (unpaired) electrons. The SMILES string of the molecule is CCC(=O)O[C@H](C)C(=O)Nc1ccc2c(c1)OCCO2. The zero-order chi connectivity index (χ0) is 14.5. The quantitative estimate of drug-likeness (QED) is 0.850. The third-order valence-electron chi connectivity index (χ3n) is 2.78. The van der Waals surface area contributed by atoms with E-state index in [2.05, 4.69) is 5.32 Å². The Morgan fingerprint density at radius 3 is 2.70 bits per heavy atom. The van der Waals surface area contributed by atoms with Crippen LogP contribution in [0, 0.1) is 0 Å². The number of anilines is 1. The molecule has 108 valence electrons. The van der Waals surface area contributed by atoms with E-state index < -0.39 is 12.1 Å². The number of carbonyl (C=O) groups is 2. The Balaban J connectivity index is 1.99. The van der Waals surface area contributed by atoms with E-state index >= 15 is 0 Å². The predicted octanol–water partition coefficient (Wildman–Crippen LogP) is 1.74. The van der Waals surface area contributed by atoms with Crippen LogP contribution in [0.3, 0.4) is 0 Å². The molecule has 1 aromatic carbocycles. The molecule has 0 spiro atoms. The molecule has 0 aliphatic carbocycles. The molecule has 6 heteroatoms. The number of hydrogen-bond acceptors (Lipinski definition) is 5. The lowest BCUT2D eigenvalue weighted by Gasteiger charge is -2.19. The number of carbonyl (C=O) groups excluding carboxylic acids is 2. The summed E-state index contributed by atoms with van der Waals surface area (Å²) in [6.45, 7) is 4.20. The van der Waals surface area contributed by atoms with Crippen LogP contribution in [0.5, 0.6) is 11.5 Å². The van der Waals surface area contributed by atoms with E-state index in [1.165, 1.54) is 6.92 Å². The van der Waals surface area contributed by atoms with Crippen LogP contribution in [-0.4, -0.2) is 31.2 Å². The fraction of sp³-hybridized carbons (Fsp3) is 0.429. The molecular weight excluding hydrogens is 262 g/mol. The number of rotatable bonds is 4. The summed E-state index contributed by atoms with van der Waals surface area (Å²) in [5, 5.41) is 2.67. The molecule has 1 aromatic rings. The van der Waals surface area contributed by atoms with Gasteiger partial charge in [0.25, 0.3) is 5.91 Å². The van der Waals surface area contributed by atoms with Crippen molar-refractivity contribution in [1.82, 2.24) is 0 Å². The van der Waals surface area contributed by atoms with Gasteiger partial charge in [-0.25, -0.2) is 0 Å². The second-order valence-electron chi connectivity index (χ2n) is 4.33. The van der Waals surface area contributed by atoms with Crippen LogP contribution in [-0.2, 0) is 14.3 Å². The summed E-state index contributed by atoms with van der Waals surface area (Å²) in [5.74, 6) is 0.449. The molecule has 0 fully saturated rings. The predicted molar refractivity (Wildman–Crippen MR) is 71.9 cm³/mol. The summed E-state index contributed by atoms with van der Waals surface area (Å²) < 4.78 is 15.8. The van der Waals surface area contributed by atoms with Gasteiger partial charge in [0.05, 0.1) is 0 Å². The Bertz CT molecular complexity index is 514. The molecule has 0 saturated carbocycles. The van der Waals surface area contributed by atoms with Crippen molar-refractivity contribution in [3.05, 3.63) is 18.2 Å². The average Bonchev–Trinajstić information content (AvgIpc) is 2.46. The van der Waals surface area contributed by atoms with Crippen molar-refractivity contribution in [3.8, 4) is 11.5 Å². The van der Waals surface area contributed by atoms with Crippen LogP contribution in [0.2, 0.25) is 0 Å². The summed E-state index contributed by atoms with van der Waals surface area (Å²) >= 11 is 0. The fourth-order valence-electron chi connectivity index (χ4n) is 1.70. The second-order valence-corrected chi connectivity index (χ2v) is 4.33. The summed E-state index contributed by atoms with van der Waals surface area (Å²) in [6.07, 6.45) is -0.600. The van der Waals surface area contributed by atoms with E-state index in [4.69, 9.17) is 14.2 Å². The first-order chi connectivity index (χ1) is 9.60. The van der Waals surface area contributed by atoms with Gasteiger partial charge in [-0.2, -0.15) is 0 Å². The first kappa shape index (κ1) is 14.2. The molecule has 20 heavy (non-hydrogen) atoms. The number of benzene rings is 1. The monoisotopic (exact) mass is 279 g/mol. The molecular formula is C14H17NO5. The third kappa shape index (κ3) is 3.40. The zero-order valence-electron chi connectivity index (χ0n) is 11.5. The Morgan fingerprint density at radius 1 is 1.30 bits per heavy atom. The highest BCUT2D eigenvalue weighted by atomic mass is 16.6. The molecule has 0 unspecified atom stereocenters. The van der Waals surface area contributed by atoms with Gasteiger partial charge in [0.2, 0.25) is 0 Å². The van der Waals surface area contributed by atoms with E-state index in [9.17, 15) is 9.59 Å². The van der Waals surface area contributed by atoms with Crippen molar-refractivity contribution >= 4 is 17.6 Å². The third-order valence-corrected chi connectivity index (χ3v) is 2.78. The highest BCUT2D eigenvalue weighted by molar-refractivity contribution is 5.95. The zero-order valence-corrected chi connectivity index (χ0v) is 11.5. The maximum atomic E-state index is 11.9. The number of esters is 1. The van der Waals surface area contributed by atoms with Gasteiger partial charge in [-0.3, -0.25) is 9.59 Å². The lowest BCUT2D eigenvalue weighted by molar-refractivity contribution is -0.152. The number of ether oxygens (including phenoxy) is 3. The summed E-state index contributed by atoms with van der Waals surface area (Å²) in [4.78, 5) is 23.0. The highest BCUT2D eigenvalue weighted by Gasteiger charge is 2.18. The van der Waals surface area contributed by atoms with E-state index in [1.54, 1.807) is 25.1 Å². The number of fused-ring (bicyclic) bond motifs is 1. The maximum Gasteiger partial charge on any atom is 0.306 e. The molecule has 0 aromatic heterocycles. The summed E-state index contributed by atoms with van der Waals surface area (Å²) in [7, 11) is 0. The maximum absolute atomic E-state index is 11.9. The first-order valence-corrected chi connectivity index (χ1v) is 6.50. The Hall–Kier alpha value is -2.24. The van der Waals surface area contributed by atoms with Crippen molar-refractivity contribution in [2.24, 2.45) is 0 Å². The lowest BCUT2D eigenvalue weighted by Crippen LogP contribution is -2.29. The molecule has 1 aliphatic rings. The van der Waals surface area contributed by atoms with Crippen LogP contribution in [0.4, 0.5) is 5.69 Å². The normalized spacial score (nSPS) is 14.3. The Kier molecular flexibility index (Phi) is 4.45. The minimum atomic E-state index is -0.837. The van der Waals surface area contributed by atoms with Crippen LogP contribution >= 0.6 is 0 Å². The number of hydrogen-bond donors (Lipinski definition) is 1. The van der Waals surface area contributed by atoms with Gasteiger partial charge >= 0.3 is 5.97 Å². The molecule has 1 heterocycles. The fourth-order valence-corrected chi connectivity index (χ4v) is 1.70. The molecule has 0 bridgehead atoms. The van der Waals surface area contributed by atoms with E-state index in [-0.39, 0.29) is 12.3 Å². The highest BCUT2D eigenvalue weighted by Crippen LogP contribution is 2.32. The van der Waals surface area contributed by atoms with Crippen molar-refractivity contribution in [2.45, 2.75) is 26.4 Å². The Labute approximate surface area is 117 Å². The van der Waals surface area contributed by atoms with E-state index in [0.717, 1.165) is 0 Å². The molecule has 1 N–H and O–H groups in total. The van der Waals surface area contributed by atoms with Crippen LogP contribution in [0.15, 0.2) is 18.2 Å². The van der Waals surface area contributed by atoms with Crippen molar-refractivity contribution < 1.29 is 23.8 Å². The summed E-state index contributed by atoms with van der Waals surface area (Å²) in [5.41, 5.74) is 0.568. The molecule has 6 nitrogen and oxygen atoms in total.